The topological polar surface area (TPSA) is 0 Å². The van der Waals surface area contributed by atoms with Crippen molar-refractivity contribution < 1.29 is 0 Å². The number of rotatable bonds is 1. The lowest BCUT2D eigenvalue weighted by atomic mass is 10.4. The Morgan fingerprint density at radius 1 is 0.583 bits per heavy atom. The van der Waals surface area contributed by atoms with Gasteiger partial charge in [-0.2, -0.15) is 0 Å². The minimum absolute atomic E-state index is 0.713. The summed E-state index contributed by atoms with van der Waals surface area (Å²) < 4.78 is 10.8. The molecule has 5 aliphatic rings. The van der Waals surface area contributed by atoms with Crippen LogP contribution < -0.4 is 0 Å². The molecule has 0 amide bonds. The molecule has 0 aliphatic carbocycles. The summed E-state index contributed by atoms with van der Waals surface area (Å²) in [6.45, 7) is 4.78. The Morgan fingerprint density at radius 2 is 1.04 bits per heavy atom. The summed E-state index contributed by atoms with van der Waals surface area (Å²) in [7, 11) is 0. The third-order valence-electron chi connectivity index (χ3n) is 3.82. The Balaban J connectivity index is 1.23. The van der Waals surface area contributed by atoms with Gasteiger partial charge >= 0.3 is 0 Å². The fourth-order valence-corrected chi connectivity index (χ4v) is 19.9. The molecule has 0 aromatic carbocycles. The third-order valence-corrected chi connectivity index (χ3v) is 20.5. The van der Waals surface area contributed by atoms with E-state index in [-0.39, 0.29) is 0 Å². The first kappa shape index (κ1) is 18.7. The molecule has 24 heavy (non-hydrogen) atoms. The van der Waals surface area contributed by atoms with Gasteiger partial charge in [0.2, 0.25) is 0 Å². The van der Waals surface area contributed by atoms with Crippen LogP contribution in [-0.2, 0) is 0 Å². The van der Waals surface area contributed by atoms with Crippen molar-refractivity contribution in [3.63, 3.8) is 0 Å². The lowest BCUT2D eigenvalue weighted by Gasteiger charge is -2.17. The first-order chi connectivity index (χ1) is 11.7. The van der Waals surface area contributed by atoms with Crippen LogP contribution in [0.1, 0.15) is 13.8 Å². The minimum Gasteiger partial charge on any atom is -0.141 e. The fraction of sp³-hybridized carbons (Fsp3) is 0.571. The van der Waals surface area contributed by atoms with E-state index in [2.05, 4.69) is 84.4 Å². The standard InChI is InChI=1S/C14H14S10/c1-5-6(2)18-9(17-5)10-21-13-14(22-10)24-12(23-13)11-19-7-8(20-11)16-4-3-15-7/h5-6,9-10H,3-4H2,1-2H3. The molecule has 5 heterocycles. The largest absolute Gasteiger partial charge is 0.141 e. The molecule has 130 valence electrons. The van der Waals surface area contributed by atoms with Gasteiger partial charge in [0.15, 0.2) is 0 Å². The maximum atomic E-state index is 2.39. The van der Waals surface area contributed by atoms with Crippen molar-refractivity contribution in [2.75, 3.05) is 11.5 Å². The summed E-state index contributed by atoms with van der Waals surface area (Å²) in [5.41, 5.74) is 0. The Labute approximate surface area is 186 Å². The van der Waals surface area contributed by atoms with Crippen LogP contribution in [0.4, 0.5) is 0 Å². The highest BCUT2D eigenvalue weighted by atomic mass is 32.3. The smallest absolute Gasteiger partial charge is 0.0818 e. The Kier molecular flexibility index (Phi) is 6.13. The minimum atomic E-state index is 0.713. The van der Waals surface area contributed by atoms with Gasteiger partial charge in [0, 0.05) is 22.0 Å². The zero-order valence-corrected chi connectivity index (χ0v) is 21.0. The van der Waals surface area contributed by atoms with Crippen LogP contribution in [0.2, 0.25) is 0 Å². The van der Waals surface area contributed by atoms with Crippen LogP contribution in [0.15, 0.2) is 25.4 Å². The van der Waals surface area contributed by atoms with Crippen molar-refractivity contribution in [2.24, 2.45) is 0 Å². The van der Waals surface area contributed by atoms with Crippen LogP contribution in [0.5, 0.6) is 0 Å². The maximum Gasteiger partial charge on any atom is 0.0818 e. The molecular formula is C14H14S10. The monoisotopic (exact) mass is 502 g/mol. The highest BCUT2D eigenvalue weighted by Gasteiger charge is 2.43. The molecule has 10 heteroatoms. The van der Waals surface area contributed by atoms with E-state index in [0.29, 0.717) is 4.58 Å². The molecule has 0 radical (unpaired) electrons. The lowest BCUT2D eigenvalue weighted by Crippen LogP contribution is -2.07. The molecule has 2 atom stereocenters. The van der Waals surface area contributed by atoms with E-state index in [1.54, 1.807) is 16.9 Å². The van der Waals surface area contributed by atoms with Crippen LogP contribution in [0.25, 0.3) is 0 Å². The van der Waals surface area contributed by atoms with Crippen molar-refractivity contribution in [3.05, 3.63) is 25.4 Å². The molecule has 0 spiro atoms. The summed E-state index contributed by atoms with van der Waals surface area (Å²) in [5.74, 6) is 2.55. The van der Waals surface area contributed by atoms with E-state index in [1.165, 1.54) is 20.0 Å². The van der Waals surface area contributed by atoms with Gasteiger partial charge in [-0.1, -0.05) is 60.9 Å². The van der Waals surface area contributed by atoms with E-state index in [4.69, 9.17) is 0 Å². The quantitative estimate of drug-likeness (QED) is 0.342. The predicted molar refractivity (Wildman–Crippen MR) is 133 cm³/mol. The maximum absolute atomic E-state index is 2.39. The van der Waals surface area contributed by atoms with Crippen LogP contribution in [0, 0.1) is 0 Å². The second-order valence-corrected chi connectivity index (χ2v) is 19.3. The molecule has 2 unspecified atom stereocenters. The van der Waals surface area contributed by atoms with Crippen LogP contribution in [-0.4, -0.2) is 31.2 Å². The van der Waals surface area contributed by atoms with Crippen molar-refractivity contribution in [3.8, 4) is 0 Å². The molecule has 5 rings (SSSR count). The van der Waals surface area contributed by atoms with E-state index in [9.17, 15) is 0 Å². The highest BCUT2D eigenvalue weighted by molar-refractivity contribution is 8.48. The van der Waals surface area contributed by atoms with Gasteiger partial charge in [-0.25, -0.2) is 0 Å². The van der Waals surface area contributed by atoms with Gasteiger partial charge < -0.3 is 0 Å². The second-order valence-electron chi connectivity index (χ2n) is 5.48. The number of hydrogen-bond donors (Lipinski definition) is 0. The van der Waals surface area contributed by atoms with Gasteiger partial charge in [-0.3, -0.25) is 0 Å². The van der Waals surface area contributed by atoms with Gasteiger partial charge in [0.05, 0.1) is 34.6 Å². The Morgan fingerprint density at radius 3 is 1.54 bits per heavy atom. The Bertz CT molecular complexity index is 614. The first-order valence-corrected chi connectivity index (χ1v) is 16.4. The molecule has 1 saturated heterocycles. The lowest BCUT2D eigenvalue weighted by molar-refractivity contribution is 0.941. The summed E-state index contributed by atoms with van der Waals surface area (Å²) in [6.07, 6.45) is 0. The van der Waals surface area contributed by atoms with Gasteiger partial charge in [-0.05, 0) is 0 Å². The average Bonchev–Trinajstić information content (AvgIpc) is 3.29. The van der Waals surface area contributed by atoms with Crippen molar-refractivity contribution in [2.45, 2.75) is 33.5 Å². The molecular weight excluding hydrogens is 489 g/mol. The molecule has 1 fully saturated rings. The Hall–Kier alpha value is 2.72. The van der Waals surface area contributed by atoms with Crippen molar-refractivity contribution in [1.82, 2.24) is 0 Å². The first-order valence-electron chi connectivity index (χ1n) is 7.51. The van der Waals surface area contributed by atoms with Gasteiger partial charge in [0.1, 0.15) is 0 Å². The third kappa shape index (κ3) is 3.65. The van der Waals surface area contributed by atoms with E-state index in [1.807, 2.05) is 47.0 Å². The highest BCUT2D eigenvalue weighted by Crippen LogP contribution is 2.71. The molecule has 0 nitrogen and oxygen atoms in total. The molecule has 5 aliphatic heterocycles. The zero-order valence-electron chi connectivity index (χ0n) is 12.8. The molecule has 0 bridgehead atoms. The van der Waals surface area contributed by atoms with Gasteiger partial charge in [-0.15, -0.1) is 70.6 Å². The SMILES string of the molecule is CC1SC(C2SC3=C(SC(=C4SC5=C(SCCS5)S4)S3)S2)SC1C. The van der Waals surface area contributed by atoms with E-state index in [0.717, 1.165) is 15.1 Å². The second kappa shape index (κ2) is 7.86. The summed E-state index contributed by atoms with van der Waals surface area (Å²) in [5, 5.41) is 1.60. The summed E-state index contributed by atoms with van der Waals surface area (Å²) >= 11 is 20.9. The van der Waals surface area contributed by atoms with Crippen LogP contribution in [0.3, 0.4) is 0 Å². The molecule has 0 saturated carbocycles. The fourth-order valence-electron chi connectivity index (χ4n) is 2.45. The van der Waals surface area contributed by atoms with Crippen LogP contribution >= 0.6 is 118 Å². The number of hydrogen-bond acceptors (Lipinski definition) is 10. The normalized spacial score (nSPS) is 37.0. The number of thioether (sulfide) groups is 10. The van der Waals surface area contributed by atoms with E-state index >= 15 is 0 Å². The predicted octanol–water partition coefficient (Wildman–Crippen LogP) is 8.20. The van der Waals surface area contributed by atoms with Crippen molar-refractivity contribution in [1.29, 1.82) is 0 Å². The summed E-state index contributed by atoms with van der Waals surface area (Å²) in [4.78, 5) is 0. The molecule has 0 N–H and O–H groups in total. The zero-order chi connectivity index (χ0) is 16.3. The van der Waals surface area contributed by atoms with E-state index < -0.39 is 0 Å². The molecule has 0 aromatic rings. The average molecular weight is 503 g/mol. The summed E-state index contributed by atoms with van der Waals surface area (Å²) in [6, 6.07) is 0. The van der Waals surface area contributed by atoms with Gasteiger partial charge in [0.25, 0.3) is 0 Å². The molecule has 0 aromatic heterocycles. The van der Waals surface area contributed by atoms with Crippen molar-refractivity contribution >= 4 is 118 Å².